The molecule has 4 aromatic carbocycles. The fourth-order valence-corrected chi connectivity index (χ4v) is 5.78. The second kappa shape index (κ2) is 14.5. The number of methoxy groups -OCH3 is 1. The summed E-state index contributed by atoms with van der Waals surface area (Å²) in [6, 6.07) is 34.3. The molecule has 0 saturated heterocycles. The molecule has 9 heteroatoms. The maximum absolute atomic E-state index is 12.9. The molecule has 0 aliphatic rings. The van der Waals surface area contributed by atoms with Crippen molar-refractivity contribution in [1.29, 1.82) is 0 Å². The quantitative estimate of drug-likeness (QED) is 0.0629. The number of amides is 1. The molecule has 0 fully saturated rings. The number of benzene rings is 4. The van der Waals surface area contributed by atoms with Crippen molar-refractivity contribution in [2.24, 2.45) is 0 Å². The predicted molar refractivity (Wildman–Crippen MR) is 189 cm³/mol. The minimum absolute atomic E-state index is 0.118. The van der Waals surface area contributed by atoms with Gasteiger partial charge in [0.15, 0.2) is 16.8 Å². The average molecular weight is 638 g/mol. The van der Waals surface area contributed by atoms with Crippen LogP contribution in [0.5, 0.6) is 5.75 Å². The van der Waals surface area contributed by atoms with Crippen LogP contribution in [0.4, 0.5) is 5.69 Å². The maximum atomic E-state index is 12.9. The summed E-state index contributed by atoms with van der Waals surface area (Å²) >= 11 is 1.29. The Labute approximate surface area is 276 Å². The number of thioether (sulfide) groups is 1. The summed E-state index contributed by atoms with van der Waals surface area (Å²) in [6.45, 7) is 4.40. The Morgan fingerprint density at radius 3 is 2.40 bits per heavy atom. The zero-order valence-corrected chi connectivity index (χ0v) is 26.5. The zero-order chi connectivity index (χ0) is 32.6. The first-order valence-corrected chi connectivity index (χ1v) is 15.9. The SMILES string of the molecule is C=CCn1c(SCC(=O)Nc2ccc(C(=O)/C=C/c3ccc(OC)cc3)cc2)nnc1-c1cc(-c2ccccc2)nc2ccccc12. The Bertz CT molecular complexity index is 2070. The van der Waals surface area contributed by atoms with E-state index < -0.39 is 0 Å². The highest BCUT2D eigenvalue weighted by Gasteiger charge is 2.19. The lowest BCUT2D eigenvalue weighted by molar-refractivity contribution is -0.113. The molecule has 0 atom stereocenters. The van der Waals surface area contributed by atoms with E-state index in [1.807, 2.05) is 89.5 Å². The average Bonchev–Trinajstić information content (AvgIpc) is 3.52. The molecule has 0 aliphatic heterocycles. The first-order chi connectivity index (χ1) is 23.0. The smallest absolute Gasteiger partial charge is 0.234 e. The third-order valence-electron chi connectivity index (χ3n) is 7.38. The van der Waals surface area contributed by atoms with Crippen LogP contribution in [0.1, 0.15) is 15.9 Å². The fourth-order valence-electron chi connectivity index (χ4n) is 5.03. The lowest BCUT2D eigenvalue weighted by Gasteiger charge is -2.12. The molecule has 47 heavy (non-hydrogen) atoms. The third kappa shape index (κ3) is 7.37. The van der Waals surface area contributed by atoms with Gasteiger partial charge in [-0.2, -0.15) is 0 Å². The van der Waals surface area contributed by atoms with Crippen LogP contribution in [-0.4, -0.2) is 44.3 Å². The van der Waals surface area contributed by atoms with Crippen LogP contribution < -0.4 is 10.1 Å². The monoisotopic (exact) mass is 637 g/mol. The van der Waals surface area contributed by atoms with Gasteiger partial charge in [-0.1, -0.05) is 84.6 Å². The molecule has 0 bridgehead atoms. The second-order valence-corrected chi connectivity index (χ2v) is 11.5. The van der Waals surface area contributed by atoms with Gasteiger partial charge in [0.2, 0.25) is 5.91 Å². The number of rotatable bonds is 12. The summed E-state index contributed by atoms with van der Waals surface area (Å²) in [4.78, 5) is 30.5. The van der Waals surface area contributed by atoms with Crippen LogP contribution in [0, 0.1) is 0 Å². The first kappa shape index (κ1) is 31.2. The van der Waals surface area contributed by atoms with Crippen LogP contribution in [0.25, 0.3) is 39.6 Å². The van der Waals surface area contributed by atoms with Gasteiger partial charge in [0.1, 0.15) is 5.75 Å². The third-order valence-corrected chi connectivity index (χ3v) is 8.35. The number of fused-ring (bicyclic) bond motifs is 1. The van der Waals surface area contributed by atoms with Crippen LogP contribution in [-0.2, 0) is 11.3 Å². The Balaban J connectivity index is 1.14. The number of hydrogen-bond donors (Lipinski definition) is 1. The normalized spacial score (nSPS) is 11.1. The number of ketones is 1. The number of ether oxygens (including phenoxy) is 1. The fraction of sp³-hybridized carbons (Fsp3) is 0.0789. The molecule has 0 unspecified atom stereocenters. The van der Waals surface area contributed by atoms with E-state index in [1.54, 1.807) is 43.5 Å². The van der Waals surface area contributed by atoms with Crippen molar-refractivity contribution in [3.8, 4) is 28.4 Å². The van der Waals surface area contributed by atoms with Crippen LogP contribution in [0.15, 0.2) is 133 Å². The first-order valence-electron chi connectivity index (χ1n) is 14.9. The molecular weight excluding hydrogens is 607 g/mol. The van der Waals surface area contributed by atoms with Gasteiger partial charge in [0.05, 0.1) is 24.1 Å². The Morgan fingerprint density at radius 1 is 0.915 bits per heavy atom. The highest BCUT2D eigenvalue weighted by atomic mass is 32.2. The molecule has 2 heterocycles. The van der Waals surface area contributed by atoms with E-state index in [0.29, 0.717) is 28.8 Å². The van der Waals surface area contributed by atoms with Crippen LogP contribution in [0.3, 0.4) is 0 Å². The molecule has 6 aromatic rings. The molecule has 0 spiro atoms. The number of aromatic nitrogens is 4. The summed E-state index contributed by atoms with van der Waals surface area (Å²) in [6.07, 6.45) is 5.06. The van der Waals surface area contributed by atoms with E-state index >= 15 is 0 Å². The summed E-state index contributed by atoms with van der Waals surface area (Å²) in [5.74, 6) is 1.20. The number of nitrogens with one attached hydrogen (secondary N) is 1. The van der Waals surface area contributed by atoms with Gasteiger partial charge in [-0.05, 0) is 60.2 Å². The van der Waals surface area contributed by atoms with Crippen molar-refractivity contribution >= 4 is 46.1 Å². The van der Waals surface area contributed by atoms with Gasteiger partial charge in [-0.3, -0.25) is 14.2 Å². The number of nitrogens with zero attached hydrogens (tertiary/aromatic N) is 4. The summed E-state index contributed by atoms with van der Waals surface area (Å²) < 4.78 is 7.13. The molecule has 6 rings (SSSR count). The van der Waals surface area contributed by atoms with E-state index in [1.165, 1.54) is 17.8 Å². The lowest BCUT2D eigenvalue weighted by Crippen LogP contribution is -2.14. The maximum Gasteiger partial charge on any atom is 0.234 e. The molecule has 232 valence electrons. The van der Waals surface area contributed by atoms with Crippen molar-refractivity contribution < 1.29 is 14.3 Å². The van der Waals surface area contributed by atoms with Gasteiger partial charge in [0, 0.05) is 34.3 Å². The van der Waals surface area contributed by atoms with Crippen molar-refractivity contribution in [3.05, 3.63) is 139 Å². The molecular formula is C38H31N5O3S. The van der Waals surface area contributed by atoms with E-state index in [4.69, 9.17) is 9.72 Å². The largest absolute Gasteiger partial charge is 0.497 e. The summed E-state index contributed by atoms with van der Waals surface area (Å²) in [5, 5.41) is 13.5. The standard InChI is InChI=1S/C38H31N5O3S/c1-3-23-43-37(32-24-34(27-9-5-4-6-10-27)40-33-12-8-7-11-31(32)33)41-42-38(43)47-25-36(45)39-29-18-16-28(17-19-29)35(44)22-15-26-13-20-30(46-2)21-14-26/h3-22,24H,1,23,25H2,2H3,(H,39,45)/b22-15+. The number of pyridine rings is 1. The van der Waals surface area contributed by atoms with E-state index in [0.717, 1.165) is 39.0 Å². The highest BCUT2D eigenvalue weighted by Crippen LogP contribution is 2.33. The summed E-state index contributed by atoms with van der Waals surface area (Å²) in [7, 11) is 1.61. The number of anilines is 1. The minimum Gasteiger partial charge on any atom is -0.497 e. The Hall–Kier alpha value is -5.80. The van der Waals surface area contributed by atoms with Crippen molar-refractivity contribution in [2.45, 2.75) is 11.7 Å². The van der Waals surface area contributed by atoms with Crippen molar-refractivity contribution in [3.63, 3.8) is 0 Å². The number of carbonyl (C=O) groups excluding carboxylic acids is 2. The Morgan fingerprint density at radius 2 is 1.66 bits per heavy atom. The zero-order valence-electron chi connectivity index (χ0n) is 25.7. The van der Waals surface area contributed by atoms with Crippen molar-refractivity contribution in [2.75, 3.05) is 18.2 Å². The van der Waals surface area contributed by atoms with Crippen LogP contribution >= 0.6 is 11.8 Å². The molecule has 2 aromatic heterocycles. The Kier molecular flexibility index (Phi) is 9.64. The van der Waals surface area contributed by atoms with E-state index in [2.05, 4.69) is 22.1 Å². The molecule has 1 N–H and O–H groups in total. The van der Waals surface area contributed by atoms with Gasteiger partial charge in [0.25, 0.3) is 0 Å². The van der Waals surface area contributed by atoms with Gasteiger partial charge >= 0.3 is 0 Å². The molecule has 0 saturated carbocycles. The molecule has 1 amide bonds. The molecule has 0 radical (unpaired) electrons. The van der Waals surface area contributed by atoms with E-state index in [-0.39, 0.29) is 17.4 Å². The topological polar surface area (TPSA) is 99.0 Å². The lowest BCUT2D eigenvalue weighted by atomic mass is 10.0. The minimum atomic E-state index is -0.205. The predicted octanol–water partition coefficient (Wildman–Crippen LogP) is 7.98. The van der Waals surface area contributed by atoms with Gasteiger partial charge < -0.3 is 10.1 Å². The number of para-hydroxylation sites is 1. The van der Waals surface area contributed by atoms with E-state index in [9.17, 15) is 9.59 Å². The van der Waals surface area contributed by atoms with Gasteiger partial charge in [-0.25, -0.2) is 4.98 Å². The highest BCUT2D eigenvalue weighted by molar-refractivity contribution is 7.99. The number of allylic oxidation sites excluding steroid dienone is 2. The molecule has 8 nitrogen and oxygen atoms in total. The second-order valence-electron chi connectivity index (χ2n) is 10.5. The summed E-state index contributed by atoms with van der Waals surface area (Å²) in [5.41, 5.74) is 5.59. The van der Waals surface area contributed by atoms with Gasteiger partial charge in [-0.15, -0.1) is 16.8 Å². The van der Waals surface area contributed by atoms with Crippen molar-refractivity contribution in [1.82, 2.24) is 19.7 Å². The van der Waals surface area contributed by atoms with Crippen LogP contribution in [0.2, 0.25) is 0 Å². The number of hydrogen-bond acceptors (Lipinski definition) is 7. The number of carbonyl (C=O) groups is 2. The molecule has 0 aliphatic carbocycles.